The van der Waals surface area contributed by atoms with Crippen LogP contribution in [0.4, 0.5) is 5.69 Å². The van der Waals surface area contributed by atoms with Gasteiger partial charge in [-0.15, -0.1) is 0 Å². The molecule has 0 spiro atoms. The van der Waals surface area contributed by atoms with E-state index in [0.29, 0.717) is 49.1 Å². The molecule has 1 aliphatic carbocycles. The summed E-state index contributed by atoms with van der Waals surface area (Å²) in [5.41, 5.74) is 3.36. The average molecular weight is 431 g/mol. The maximum atomic E-state index is 12.9. The molecular formula is C25H26N4O3. The van der Waals surface area contributed by atoms with Crippen molar-refractivity contribution < 1.29 is 14.1 Å². The van der Waals surface area contributed by atoms with Crippen molar-refractivity contribution in [2.45, 2.75) is 38.5 Å². The number of piperidine rings is 1. The Bertz CT molecular complexity index is 1130. The number of aromatic nitrogens is 2. The molecule has 0 bridgehead atoms. The highest BCUT2D eigenvalue weighted by molar-refractivity contribution is 5.96. The number of hydrogen-bond acceptors (Lipinski definition) is 5. The Labute approximate surface area is 186 Å². The Morgan fingerprint density at radius 3 is 2.41 bits per heavy atom. The molecule has 0 atom stereocenters. The molecule has 0 unspecified atom stereocenters. The first kappa shape index (κ1) is 20.4. The van der Waals surface area contributed by atoms with Crippen LogP contribution in [0.25, 0.3) is 11.4 Å². The number of nitrogens with zero attached hydrogens (tertiary/aromatic N) is 3. The highest BCUT2D eigenvalue weighted by Crippen LogP contribution is 2.39. The lowest BCUT2D eigenvalue weighted by molar-refractivity contribution is -0.121. The Morgan fingerprint density at radius 2 is 1.72 bits per heavy atom. The van der Waals surface area contributed by atoms with E-state index in [1.54, 1.807) is 0 Å². The van der Waals surface area contributed by atoms with Crippen LogP contribution in [0.1, 0.15) is 53.4 Å². The number of para-hydroxylation sites is 1. The third-order valence-corrected chi connectivity index (χ3v) is 6.31. The average Bonchev–Trinajstić information content (AvgIpc) is 3.57. The van der Waals surface area contributed by atoms with Crippen molar-refractivity contribution in [1.82, 2.24) is 15.0 Å². The SMILES string of the molecule is Cc1ccccc1NC(=O)C1CCN(C(=O)c2ccc(-c3noc(C4CC4)n3)cc2)CC1. The van der Waals surface area contributed by atoms with E-state index in [9.17, 15) is 9.59 Å². The lowest BCUT2D eigenvalue weighted by atomic mass is 9.95. The topological polar surface area (TPSA) is 88.3 Å². The van der Waals surface area contributed by atoms with E-state index >= 15 is 0 Å². The van der Waals surface area contributed by atoms with E-state index in [4.69, 9.17) is 4.52 Å². The van der Waals surface area contributed by atoms with Gasteiger partial charge in [0.2, 0.25) is 17.6 Å². The van der Waals surface area contributed by atoms with Crippen LogP contribution in [0.3, 0.4) is 0 Å². The van der Waals surface area contributed by atoms with Crippen molar-refractivity contribution in [2.75, 3.05) is 18.4 Å². The molecule has 1 aromatic heterocycles. The van der Waals surface area contributed by atoms with Crippen molar-refractivity contribution in [1.29, 1.82) is 0 Å². The number of hydrogen-bond donors (Lipinski definition) is 1. The summed E-state index contributed by atoms with van der Waals surface area (Å²) < 4.78 is 5.32. The maximum absolute atomic E-state index is 12.9. The second kappa shape index (κ2) is 8.57. The summed E-state index contributed by atoms with van der Waals surface area (Å²) >= 11 is 0. The fourth-order valence-corrected chi connectivity index (χ4v) is 4.09. The van der Waals surface area contributed by atoms with Crippen molar-refractivity contribution >= 4 is 17.5 Å². The molecule has 5 rings (SSSR count). The predicted molar refractivity (Wildman–Crippen MR) is 120 cm³/mol. The minimum Gasteiger partial charge on any atom is -0.339 e. The number of rotatable bonds is 5. The third-order valence-electron chi connectivity index (χ3n) is 6.31. The van der Waals surface area contributed by atoms with E-state index in [0.717, 1.165) is 29.7 Å². The Morgan fingerprint density at radius 1 is 1.00 bits per heavy atom. The van der Waals surface area contributed by atoms with Crippen LogP contribution in [0.15, 0.2) is 53.1 Å². The number of nitrogens with one attached hydrogen (secondary N) is 1. The molecule has 2 amide bonds. The van der Waals surface area contributed by atoms with Crippen LogP contribution in [0.2, 0.25) is 0 Å². The quantitative estimate of drug-likeness (QED) is 0.648. The van der Waals surface area contributed by atoms with Gasteiger partial charge in [0.05, 0.1) is 0 Å². The normalized spacial score (nSPS) is 16.7. The molecule has 1 aliphatic heterocycles. The zero-order valence-electron chi connectivity index (χ0n) is 18.1. The van der Waals surface area contributed by atoms with Gasteiger partial charge in [0, 0.05) is 41.7 Å². The van der Waals surface area contributed by atoms with Crippen molar-refractivity contribution in [3.8, 4) is 11.4 Å². The molecule has 2 aromatic carbocycles. The van der Waals surface area contributed by atoms with Gasteiger partial charge in [0.1, 0.15) is 0 Å². The minimum absolute atomic E-state index is 0.0129. The van der Waals surface area contributed by atoms with Crippen molar-refractivity contribution in [3.63, 3.8) is 0 Å². The smallest absolute Gasteiger partial charge is 0.253 e. The lowest BCUT2D eigenvalue weighted by Crippen LogP contribution is -2.41. The first-order chi connectivity index (χ1) is 15.6. The van der Waals surface area contributed by atoms with Gasteiger partial charge in [-0.25, -0.2) is 0 Å². The maximum Gasteiger partial charge on any atom is 0.253 e. The Hall–Kier alpha value is -3.48. The fraction of sp³-hybridized carbons (Fsp3) is 0.360. The van der Waals surface area contributed by atoms with Crippen LogP contribution in [-0.2, 0) is 4.79 Å². The number of amides is 2. The van der Waals surface area contributed by atoms with Crippen LogP contribution in [0, 0.1) is 12.8 Å². The second-order valence-corrected chi connectivity index (χ2v) is 8.68. The number of likely N-dealkylation sites (tertiary alicyclic amines) is 1. The van der Waals surface area contributed by atoms with Crippen LogP contribution >= 0.6 is 0 Å². The predicted octanol–water partition coefficient (Wildman–Crippen LogP) is 4.41. The highest BCUT2D eigenvalue weighted by atomic mass is 16.5. The minimum atomic E-state index is -0.0834. The monoisotopic (exact) mass is 430 g/mol. The summed E-state index contributed by atoms with van der Waals surface area (Å²) in [6.07, 6.45) is 3.54. The fourth-order valence-electron chi connectivity index (χ4n) is 4.09. The zero-order chi connectivity index (χ0) is 22.1. The summed E-state index contributed by atoms with van der Waals surface area (Å²) in [7, 11) is 0. The number of carbonyl (C=O) groups excluding carboxylic acids is 2. The van der Waals surface area contributed by atoms with Crippen molar-refractivity contribution in [3.05, 3.63) is 65.5 Å². The first-order valence-electron chi connectivity index (χ1n) is 11.2. The molecule has 7 nitrogen and oxygen atoms in total. The molecular weight excluding hydrogens is 404 g/mol. The molecule has 1 N–H and O–H groups in total. The van der Waals surface area contributed by atoms with E-state index in [1.807, 2.05) is 60.4 Å². The van der Waals surface area contributed by atoms with Gasteiger partial charge in [-0.2, -0.15) is 4.98 Å². The van der Waals surface area contributed by atoms with E-state index in [2.05, 4.69) is 15.5 Å². The molecule has 7 heteroatoms. The summed E-state index contributed by atoms with van der Waals surface area (Å²) in [5.74, 6) is 1.61. The summed E-state index contributed by atoms with van der Waals surface area (Å²) in [5, 5.41) is 7.08. The van der Waals surface area contributed by atoms with E-state index in [-0.39, 0.29) is 17.7 Å². The van der Waals surface area contributed by atoms with Crippen molar-refractivity contribution in [2.24, 2.45) is 5.92 Å². The molecule has 2 aliphatic rings. The van der Waals surface area contributed by atoms with Crippen LogP contribution in [0.5, 0.6) is 0 Å². The first-order valence-corrected chi connectivity index (χ1v) is 11.2. The highest BCUT2D eigenvalue weighted by Gasteiger charge is 2.30. The number of carbonyl (C=O) groups is 2. The number of anilines is 1. The summed E-state index contributed by atoms with van der Waals surface area (Å²) in [6.45, 7) is 3.12. The molecule has 0 radical (unpaired) electrons. The number of aryl methyl sites for hydroxylation is 1. The molecule has 1 saturated carbocycles. The molecule has 164 valence electrons. The summed E-state index contributed by atoms with van der Waals surface area (Å²) in [6, 6.07) is 15.1. The molecule has 1 saturated heterocycles. The van der Waals surface area contributed by atoms with Crippen LogP contribution in [-0.4, -0.2) is 39.9 Å². The second-order valence-electron chi connectivity index (χ2n) is 8.68. The Kier molecular flexibility index (Phi) is 5.47. The van der Waals surface area contributed by atoms with Crippen LogP contribution < -0.4 is 5.32 Å². The van der Waals surface area contributed by atoms with E-state index in [1.165, 1.54) is 0 Å². The molecule has 2 fully saturated rings. The summed E-state index contributed by atoms with van der Waals surface area (Å²) in [4.78, 5) is 31.9. The third kappa shape index (κ3) is 4.28. The van der Waals surface area contributed by atoms with Gasteiger partial charge in [-0.1, -0.05) is 35.5 Å². The number of benzene rings is 2. The lowest BCUT2D eigenvalue weighted by Gasteiger charge is -2.31. The van der Waals surface area contributed by atoms with Gasteiger partial charge in [-0.05, 0) is 56.4 Å². The zero-order valence-corrected chi connectivity index (χ0v) is 18.1. The molecule has 3 aromatic rings. The molecule has 32 heavy (non-hydrogen) atoms. The van der Waals surface area contributed by atoms with E-state index < -0.39 is 0 Å². The largest absolute Gasteiger partial charge is 0.339 e. The standard InChI is InChI=1S/C25H26N4O3/c1-16-4-2-3-5-21(16)26-23(30)18-12-14-29(15-13-18)25(31)20-10-6-17(7-11-20)22-27-24(32-28-22)19-8-9-19/h2-7,10-11,18-19H,8-9,12-15H2,1H3,(H,26,30). The van der Waals surface area contributed by atoms with Gasteiger partial charge in [-0.3, -0.25) is 9.59 Å². The van der Waals surface area contributed by atoms with Gasteiger partial charge < -0.3 is 14.7 Å². The van der Waals surface area contributed by atoms with Gasteiger partial charge >= 0.3 is 0 Å². The molecule has 2 heterocycles. The Balaban J connectivity index is 1.17. The van der Waals surface area contributed by atoms with Gasteiger partial charge in [0.25, 0.3) is 5.91 Å². The van der Waals surface area contributed by atoms with Gasteiger partial charge in [0.15, 0.2) is 0 Å².